The lowest BCUT2D eigenvalue weighted by molar-refractivity contribution is -0.129. The summed E-state index contributed by atoms with van der Waals surface area (Å²) in [5.74, 6) is 2.50. The third-order valence-corrected chi connectivity index (χ3v) is 7.17. The summed E-state index contributed by atoms with van der Waals surface area (Å²) in [6.45, 7) is 4.37. The Bertz CT molecular complexity index is 597. The number of hydrogen-bond donors (Lipinski definition) is 3. The zero-order chi connectivity index (χ0) is 17.6. The highest BCUT2D eigenvalue weighted by Crippen LogP contribution is 2.61. The molecule has 4 fully saturated rings. The Hall–Kier alpha value is -1.36. The van der Waals surface area contributed by atoms with Crippen LogP contribution in [0.4, 0.5) is 0 Å². The van der Waals surface area contributed by atoms with Gasteiger partial charge in [0.1, 0.15) is 0 Å². The Morgan fingerprint density at radius 1 is 1.24 bits per heavy atom. The van der Waals surface area contributed by atoms with E-state index in [2.05, 4.69) is 15.5 Å². The van der Waals surface area contributed by atoms with E-state index in [4.69, 9.17) is 0 Å². The van der Waals surface area contributed by atoms with Crippen LogP contribution in [0.2, 0.25) is 0 Å². The number of aryl methyl sites for hydroxylation is 2. The molecule has 0 unspecified atom stereocenters. The number of carbonyl (C=O) groups is 1. The van der Waals surface area contributed by atoms with Crippen LogP contribution in [-0.4, -0.2) is 33.9 Å². The molecule has 1 aromatic heterocycles. The second kappa shape index (κ2) is 6.42. The van der Waals surface area contributed by atoms with Gasteiger partial charge < -0.3 is 10.4 Å². The predicted molar refractivity (Wildman–Crippen MR) is 96.0 cm³/mol. The quantitative estimate of drug-likeness (QED) is 0.742. The molecule has 1 amide bonds. The highest BCUT2D eigenvalue weighted by molar-refractivity contribution is 5.76. The van der Waals surface area contributed by atoms with Crippen molar-refractivity contribution in [2.24, 2.45) is 23.2 Å². The number of aromatic amines is 1. The van der Waals surface area contributed by atoms with Crippen LogP contribution in [0.1, 0.15) is 61.9 Å². The lowest BCUT2D eigenvalue weighted by atomic mass is 9.48. The Morgan fingerprint density at radius 3 is 2.36 bits per heavy atom. The molecule has 4 aliphatic carbocycles. The Kier molecular flexibility index (Phi) is 4.38. The fourth-order valence-electron chi connectivity index (χ4n) is 6.28. The summed E-state index contributed by atoms with van der Waals surface area (Å²) in [6, 6.07) is 0. The van der Waals surface area contributed by atoms with Crippen LogP contribution in [-0.2, 0) is 11.2 Å². The lowest BCUT2D eigenvalue weighted by Gasteiger charge is -2.58. The van der Waals surface area contributed by atoms with Gasteiger partial charge in [-0.2, -0.15) is 5.10 Å². The molecule has 5 heteroatoms. The second-order valence-electron chi connectivity index (χ2n) is 9.01. The molecule has 4 aliphatic rings. The van der Waals surface area contributed by atoms with Gasteiger partial charge in [0, 0.05) is 18.7 Å². The number of hydrogen-bond acceptors (Lipinski definition) is 3. The van der Waals surface area contributed by atoms with Crippen molar-refractivity contribution >= 4 is 5.91 Å². The summed E-state index contributed by atoms with van der Waals surface area (Å²) in [5, 5.41) is 21.0. The van der Waals surface area contributed by atoms with Crippen LogP contribution < -0.4 is 5.32 Å². The van der Waals surface area contributed by atoms with E-state index >= 15 is 0 Å². The number of nitrogens with zero attached hydrogens (tertiary/aromatic N) is 1. The molecular formula is C20H31N3O2. The topological polar surface area (TPSA) is 78.0 Å². The summed E-state index contributed by atoms with van der Waals surface area (Å²) in [7, 11) is 0. The molecule has 3 N–H and O–H groups in total. The standard InChI is InChI=1S/C20H31N3O2/c1-12-17(13(2)23-22-12)3-4-19(25)21-11-18(24)20-8-14-5-15(9-20)7-16(6-14)10-20/h14-16,18,24H,3-11H2,1-2H3,(H,21,25)(H,22,23)/t14?,15?,16?,18-,20?/m1/s1. The van der Waals surface area contributed by atoms with Crippen molar-refractivity contribution in [2.75, 3.05) is 6.54 Å². The Balaban J connectivity index is 1.29. The highest BCUT2D eigenvalue weighted by atomic mass is 16.3. The van der Waals surface area contributed by atoms with Gasteiger partial charge in [-0.05, 0) is 87.5 Å². The number of rotatable bonds is 6. The van der Waals surface area contributed by atoms with Crippen molar-refractivity contribution in [3.63, 3.8) is 0 Å². The van der Waals surface area contributed by atoms with Crippen molar-refractivity contribution in [2.45, 2.75) is 71.3 Å². The first-order valence-electron chi connectivity index (χ1n) is 9.90. The van der Waals surface area contributed by atoms with Gasteiger partial charge in [-0.25, -0.2) is 0 Å². The van der Waals surface area contributed by atoms with Crippen LogP contribution in [0.5, 0.6) is 0 Å². The number of H-pyrrole nitrogens is 1. The van der Waals surface area contributed by atoms with Crippen molar-refractivity contribution < 1.29 is 9.90 Å². The molecule has 4 saturated carbocycles. The van der Waals surface area contributed by atoms with Gasteiger partial charge in [-0.1, -0.05) is 0 Å². The third-order valence-electron chi connectivity index (χ3n) is 7.17. The van der Waals surface area contributed by atoms with Crippen molar-refractivity contribution in [1.82, 2.24) is 15.5 Å². The molecule has 5 nitrogen and oxygen atoms in total. The number of aliphatic hydroxyl groups is 1. The maximum Gasteiger partial charge on any atom is 0.220 e. The molecule has 1 heterocycles. The normalized spacial score (nSPS) is 34.3. The van der Waals surface area contributed by atoms with Crippen LogP contribution in [0, 0.1) is 37.0 Å². The summed E-state index contributed by atoms with van der Waals surface area (Å²) >= 11 is 0. The fourth-order valence-corrected chi connectivity index (χ4v) is 6.28. The molecule has 5 rings (SSSR count). The molecule has 4 bridgehead atoms. The average molecular weight is 345 g/mol. The minimum absolute atomic E-state index is 0.0313. The van der Waals surface area contributed by atoms with Crippen LogP contribution in [0.25, 0.3) is 0 Å². The first kappa shape index (κ1) is 17.1. The van der Waals surface area contributed by atoms with Crippen molar-refractivity contribution in [3.8, 4) is 0 Å². The molecule has 0 saturated heterocycles. The van der Waals surface area contributed by atoms with E-state index in [9.17, 15) is 9.90 Å². The fraction of sp³-hybridized carbons (Fsp3) is 0.800. The van der Waals surface area contributed by atoms with Gasteiger partial charge in [0.2, 0.25) is 5.91 Å². The molecule has 0 aromatic carbocycles. The van der Waals surface area contributed by atoms with Gasteiger partial charge in [0.05, 0.1) is 11.8 Å². The van der Waals surface area contributed by atoms with Gasteiger partial charge in [-0.15, -0.1) is 0 Å². The number of amides is 1. The first-order valence-corrected chi connectivity index (χ1v) is 9.90. The van der Waals surface area contributed by atoms with E-state index in [0.717, 1.165) is 34.7 Å². The van der Waals surface area contributed by atoms with Gasteiger partial charge in [0.15, 0.2) is 0 Å². The predicted octanol–water partition coefficient (Wildman–Crippen LogP) is 2.65. The maximum absolute atomic E-state index is 12.2. The maximum atomic E-state index is 12.2. The molecule has 1 aromatic rings. The molecule has 0 aliphatic heterocycles. The van der Waals surface area contributed by atoms with E-state index in [0.29, 0.717) is 19.4 Å². The van der Waals surface area contributed by atoms with Crippen molar-refractivity contribution in [3.05, 3.63) is 17.0 Å². The van der Waals surface area contributed by atoms with Crippen LogP contribution in [0.15, 0.2) is 0 Å². The van der Waals surface area contributed by atoms with E-state index in [1.54, 1.807) is 0 Å². The average Bonchev–Trinajstić information content (AvgIpc) is 2.87. The molecule has 0 radical (unpaired) electrons. The number of nitrogens with one attached hydrogen (secondary N) is 2. The van der Waals surface area contributed by atoms with E-state index in [-0.39, 0.29) is 17.4 Å². The number of aliphatic hydroxyl groups excluding tert-OH is 1. The molecule has 138 valence electrons. The third kappa shape index (κ3) is 3.23. The smallest absolute Gasteiger partial charge is 0.220 e. The summed E-state index contributed by atoms with van der Waals surface area (Å²) in [6.07, 6.45) is 8.41. The second-order valence-corrected chi connectivity index (χ2v) is 9.01. The number of aromatic nitrogens is 2. The van der Waals surface area contributed by atoms with Gasteiger partial charge in [0.25, 0.3) is 0 Å². The minimum Gasteiger partial charge on any atom is -0.391 e. The minimum atomic E-state index is -0.387. The number of carbonyl (C=O) groups excluding carboxylic acids is 1. The summed E-state index contributed by atoms with van der Waals surface area (Å²) in [4.78, 5) is 12.2. The van der Waals surface area contributed by atoms with Crippen molar-refractivity contribution in [1.29, 1.82) is 0 Å². The highest BCUT2D eigenvalue weighted by Gasteiger charge is 2.53. The van der Waals surface area contributed by atoms with Gasteiger partial charge in [-0.3, -0.25) is 9.89 Å². The molecule has 25 heavy (non-hydrogen) atoms. The molecule has 1 atom stereocenters. The Labute approximate surface area is 150 Å². The van der Waals surface area contributed by atoms with E-state index < -0.39 is 0 Å². The zero-order valence-electron chi connectivity index (χ0n) is 15.5. The first-order chi connectivity index (χ1) is 11.9. The van der Waals surface area contributed by atoms with Crippen LogP contribution >= 0.6 is 0 Å². The van der Waals surface area contributed by atoms with E-state index in [1.165, 1.54) is 38.5 Å². The van der Waals surface area contributed by atoms with Crippen LogP contribution in [0.3, 0.4) is 0 Å². The summed E-state index contributed by atoms with van der Waals surface area (Å²) in [5.41, 5.74) is 3.23. The lowest BCUT2D eigenvalue weighted by Crippen LogP contribution is -2.54. The zero-order valence-corrected chi connectivity index (χ0v) is 15.5. The van der Waals surface area contributed by atoms with Gasteiger partial charge >= 0.3 is 0 Å². The molecular weight excluding hydrogens is 314 g/mol. The largest absolute Gasteiger partial charge is 0.391 e. The summed E-state index contributed by atoms with van der Waals surface area (Å²) < 4.78 is 0. The SMILES string of the molecule is Cc1n[nH]c(C)c1CCC(=O)NC[C@@H](O)C12CC3CC(CC(C3)C1)C2. The Morgan fingerprint density at radius 2 is 1.84 bits per heavy atom. The monoisotopic (exact) mass is 345 g/mol. The van der Waals surface area contributed by atoms with E-state index in [1.807, 2.05) is 13.8 Å². The molecule has 0 spiro atoms.